The second-order valence-corrected chi connectivity index (χ2v) is 5.03. The van der Waals surface area contributed by atoms with Crippen molar-refractivity contribution >= 4 is 5.97 Å². The number of carbonyl (C=O) groups is 1. The lowest BCUT2D eigenvalue weighted by Gasteiger charge is -2.24. The molecule has 0 heterocycles. The number of ether oxygens (including phenoxy) is 2. The number of rotatable bonds is 5. The van der Waals surface area contributed by atoms with Gasteiger partial charge in [0.15, 0.2) is 0 Å². The molecule has 100 valence electrons. The first kappa shape index (κ1) is 14.6. The van der Waals surface area contributed by atoms with Gasteiger partial charge in [0, 0.05) is 5.56 Å². The Kier molecular flexibility index (Phi) is 4.76. The highest BCUT2D eigenvalue weighted by Gasteiger charge is 2.29. The van der Waals surface area contributed by atoms with Crippen molar-refractivity contribution in [2.24, 2.45) is 5.41 Å². The predicted octanol–water partition coefficient (Wildman–Crippen LogP) is 3.74. The van der Waals surface area contributed by atoms with E-state index in [9.17, 15) is 4.79 Å². The molecule has 0 amide bonds. The molecule has 1 rings (SSSR count). The molecule has 0 aliphatic carbocycles. The third kappa shape index (κ3) is 3.25. The minimum atomic E-state index is -0.448. The SMILES string of the molecule is CCC(C)(C)C(=O)OC(C)c1ccccc1OC. The smallest absolute Gasteiger partial charge is 0.312 e. The molecule has 0 N–H and O–H groups in total. The zero-order chi connectivity index (χ0) is 13.8. The van der Waals surface area contributed by atoms with Crippen molar-refractivity contribution in [3.05, 3.63) is 29.8 Å². The average molecular weight is 250 g/mol. The van der Waals surface area contributed by atoms with Gasteiger partial charge >= 0.3 is 5.97 Å². The fourth-order valence-electron chi connectivity index (χ4n) is 1.53. The first-order chi connectivity index (χ1) is 8.42. The standard InChI is InChI=1S/C15H22O3/c1-6-15(3,4)14(16)18-11(2)12-9-7-8-10-13(12)17-5/h7-11H,6H2,1-5H3. The molecular formula is C15H22O3. The molecule has 0 saturated heterocycles. The topological polar surface area (TPSA) is 35.5 Å². The Hall–Kier alpha value is -1.51. The summed E-state index contributed by atoms with van der Waals surface area (Å²) in [6, 6.07) is 7.58. The summed E-state index contributed by atoms with van der Waals surface area (Å²) in [5, 5.41) is 0. The van der Waals surface area contributed by atoms with E-state index in [0.717, 1.165) is 17.7 Å². The molecule has 18 heavy (non-hydrogen) atoms. The summed E-state index contributed by atoms with van der Waals surface area (Å²) in [5.74, 6) is 0.565. The lowest BCUT2D eigenvalue weighted by atomic mass is 9.90. The van der Waals surface area contributed by atoms with Crippen LogP contribution in [0.25, 0.3) is 0 Å². The van der Waals surface area contributed by atoms with Crippen LogP contribution in [-0.2, 0) is 9.53 Å². The van der Waals surface area contributed by atoms with Gasteiger partial charge in [-0.15, -0.1) is 0 Å². The number of benzene rings is 1. The van der Waals surface area contributed by atoms with E-state index in [2.05, 4.69) is 0 Å². The van der Waals surface area contributed by atoms with E-state index in [0.29, 0.717) is 0 Å². The van der Waals surface area contributed by atoms with Crippen molar-refractivity contribution < 1.29 is 14.3 Å². The van der Waals surface area contributed by atoms with Crippen LogP contribution in [0.5, 0.6) is 5.75 Å². The van der Waals surface area contributed by atoms with E-state index in [4.69, 9.17) is 9.47 Å². The number of para-hydroxylation sites is 1. The van der Waals surface area contributed by atoms with Crippen LogP contribution in [0.15, 0.2) is 24.3 Å². The zero-order valence-corrected chi connectivity index (χ0v) is 11.8. The molecule has 0 fully saturated rings. The molecule has 3 heteroatoms. The normalized spacial score (nSPS) is 12.9. The van der Waals surface area contributed by atoms with Crippen molar-refractivity contribution in [3.8, 4) is 5.75 Å². The quantitative estimate of drug-likeness (QED) is 0.747. The Bertz CT molecular complexity index is 410. The Morgan fingerprint density at radius 2 is 1.94 bits per heavy atom. The van der Waals surface area contributed by atoms with Crippen LogP contribution in [0.3, 0.4) is 0 Å². The highest BCUT2D eigenvalue weighted by Crippen LogP contribution is 2.30. The molecule has 1 unspecified atom stereocenters. The monoisotopic (exact) mass is 250 g/mol. The fraction of sp³-hybridized carbons (Fsp3) is 0.533. The maximum absolute atomic E-state index is 12.0. The van der Waals surface area contributed by atoms with Gasteiger partial charge in [0.05, 0.1) is 12.5 Å². The van der Waals surface area contributed by atoms with E-state index in [-0.39, 0.29) is 12.1 Å². The maximum atomic E-state index is 12.0. The largest absolute Gasteiger partial charge is 0.496 e. The van der Waals surface area contributed by atoms with Gasteiger partial charge in [0.1, 0.15) is 11.9 Å². The summed E-state index contributed by atoms with van der Waals surface area (Å²) in [5.41, 5.74) is 0.441. The minimum absolute atomic E-state index is 0.177. The van der Waals surface area contributed by atoms with Crippen molar-refractivity contribution in [2.45, 2.75) is 40.2 Å². The van der Waals surface area contributed by atoms with E-state index in [1.165, 1.54) is 0 Å². The van der Waals surface area contributed by atoms with Gasteiger partial charge in [-0.3, -0.25) is 4.79 Å². The second kappa shape index (κ2) is 5.89. The van der Waals surface area contributed by atoms with Gasteiger partial charge in [-0.2, -0.15) is 0 Å². The van der Waals surface area contributed by atoms with E-state index in [1.807, 2.05) is 52.0 Å². The van der Waals surface area contributed by atoms with Gasteiger partial charge in [-0.05, 0) is 33.3 Å². The molecule has 0 aromatic heterocycles. The van der Waals surface area contributed by atoms with Crippen LogP contribution in [-0.4, -0.2) is 13.1 Å². The highest BCUT2D eigenvalue weighted by atomic mass is 16.5. The van der Waals surface area contributed by atoms with Crippen LogP contribution in [0, 0.1) is 5.41 Å². The summed E-state index contributed by atoms with van der Waals surface area (Å²) in [6.45, 7) is 7.63. The lowest BCUT2D eigenvalue weighted by Crippen LogP contribution is -2.26. The summed E-state index contributed by atoms with van der Waals surface area (Å²) >= 11 is 0. The Morgan fingerprint density at radius 3 is 2.50 bits per heavy atom. The maximum Gasteiger partial charge on any atom is 0.312 e. The number of carbonyl (C=O) groups excluding carboxylic acids is 1. The van der Waals surface area contributed by atoms with Gasteiger partial charge in [0.2, 0.25) is 0 Å². The number of esters is 1. The molecule has 1 aromatic carbocycles. The Morgan fingerprint density at radius 1 is 1.33 bits per heavy atom. The van der Waals surface area contributed by atoms with Crippen LogP contribution in [0.4, 0.5) is 0 Å². The van der Waals surface area contributed by atoms with Gasteiger partial charge in [0.25, 0.3) is 0 Å². The Labute approximate surface area is 109 Å². The average Bonchev–Trinajstić information content (AvgIpc) is 2.38. The molecule has 0 bridgehead atoms. The van der Waals surface area contributed by atoms with Crippen LogP contribution >= 0.6 is 0 Å². The second-order valence-electron chi connectivity index (χ2n) is 5.03. The molecule has 0 saturated carbocycles. The van der Waals surface area contributed by atoms with Crippen LogP contribution < -0.4 is 4.74 Å². The molecule has 1 atom stereocenters. The van der Waals surface area contributed by atoms with Crippen LogP contribution in [0.2, 0.25) is 0 Å². The summed E-state index contributed by atoms with van der Waals surface area (Å²) in [6.07, 6.45) is 0.448. The first-order valence-electron chi connectivity index (χ1n) is 6.26. The van der Waals surface area contributed by atoms with Crippen molar-refractivity contribution in [3.63, 3.8) is 0 Å². The summed E-state index contributed by atoms with van der Waals surface area (Å²) < 4.78 is 10.8. The first-order valence-corrected chi connectivity index (χ1v) is 6.26. The fourth-order valence-corrected chi connectivity index (χ4v) is 1.53. The van der Waals surface area contributed by atoms with Crippen molar-refractivity contribution in [1.29, 1.82) is 0 Å². The number of methoxy groups -OCH3 is 1. The lowest BCUT2D eigenvalue weighted by molar-refractivity contribution is -0.159. The predicted molar refractivity (Wildman–Crippen MR) is 71.6 cm³/mol. The van der Waals surface area contributed by atoms with Gasteiger partial charge < -0.3 is 9.47 Å². The highest BCUT2D eigenvalue weighted by molar-refractivity contribution is 5.76. The third-order valence-electron chi connectivity index (χ3n) is 3.30. The molecule has 0 radical (unpaired) electrons. The molecular weight excluding hydrogens is 228 g/mol. The van der Waals surface area contributed by atoms with Crippen LogP contribution in [0.1, 0.15) is 45.8 Å². The molecule has 0 aliphatic heterocycles. The molecule has 1 aromatic rings. The minimum Gasteiger partial charge on any atom is -0.496 e. The molecule has 0 spiro atoms. The summed E-state index contributed by atoms with van der Waals surface area (Å²) in [7, 11) is 1.61. The van der Waals surface area contributed by atoms with Crippen molar-refractivity contribution in [2.75, 3.05) is 7.11 Å². The van der Waals surface area contributed by atoms with Crippen molar-refractivity contribution in [1.82, 2.24) is 0 Å². The number of hydrogen-bond acceptors (Lipinski definition) is 3. The van der Waals surface area contributed by atoms with E-state index < -0.39 is 5.41 Å². The zero-order valence-electron chi connectivity index (χ0n) is 11.8. The van der Waals surface area contributed by atoms with Gasteiger partial charge in [-0.1, -0.05) is 25.1 Å². The molecule has 3 nitrogen and oxygen atoms in total. The van der Waals surface area contributed by atoms with E-state index >= 15 is 0 Å². The Balaban J connectivity index is 2.83. The van der Waals surface area contributed by atoms with E-state index in [1.54, 1.807) is 7.11 Å². The molecule has 0 aliphatic rings. The number of hydrogen-bond donors (Lipinski definition) is 0. The third-order valence-corrected chi connectivity index (χ3v) is 3.30. The summed E-state index contributed by atoms with van der Waals surface area (Å²) in [4.78, 5) is 12.0. The van der Waals surface area contributed by atoms with Gasteiger partial charge in [-0.25, -0.2) is 0 Å².